The van der Waals surface area contributed by atoms with Crippen LogP contribution in [0.25, 0.3) is 16.6 Å². The minimum atomic E-state index is -0.485. The Bertz CT molecular complexity index is 848. The van der Waals surface area contributed by atoms with E-state index in [0.29, 0.717) is 22.1 Å². The first-order valence-electron chi connectivity index (χ1n) is 5.08. The second-order valence-electron chi connectivity index (χ2n) is 3.87. The van der Waals surface area contributed by atoms with Crippen molar-refractivity contribution in [2.75, 3.05) is 0 Å². The molecule has 0 saturated heterocycles. The number of aryl methyl sites for hydroxylation is 1. The van der Waals surface area contributed by atoms with Crippen molar-refractivity contribution in [2.45, 2.75) is 6.92 Å². The van der Waals surface area contributed by atoms with E-state index in [-0.39, 0.29) is 5.69 Å². The van der Waals surface area contributed by atoms with Crippen LogP contribution in [0, 0.1) is 17.0 Å². The summed E-state index contributed by atoms with van der Waals surface area (Å²) in [5.74, 6) is 0. The molecule has 90 valence electrons. The maximum absolute atomic E-state index is 11.7. The van der Waals surface area contributed by atoms with Gasteiger partial charge in [-0.1, -0.05) is 0 Å². The average Bonchev–Trinajstić information content (AvgIpc) is 2.79. The van der Waals surface area contributed by atoms with E-state index in [2.05, 4.69) is 15.1 Å². The molecule has 2 heterocycles. The highest BCUT2D eigenvalue weighted by molar-refractivity contribution is 5.92. The zero-order chi connectivity index (χ0) is 12.9. The normalized spacial score (nSPS) is 11.2. The number of H-pyrrole nitrogens is 1. The number of benzene rings is 1. The van der Waals surface area contributed by atoms with E-state index < -0.39 is 10.6 Å². The van der Waals surface area contributed by atoms with Crippen LogP contribution in [-0.2, 0) is 0 Å². The first-order chi connectivity index (χ1) is 8.58. The highest BCUT2D eigenvalue weighted by atomic mass is 16.6. The van der Waals surface area contributed by atoms with Gasteiger partial charge in [-0.05, 0) is 13.0 Å². The molecule has 0 unspecified atom stereocenters. The third kappa shape index (κ3) is 1.29. The number of hydrogen-bond acceptors (Lipinski definition) is 5. The summed E-state index contributed by atoms with van der Waals surface area (Å²) in [4.78, 5) is 28.5. The van der Waals surface area contributed by atoms with Crippen LogP contribution < -0.4 is 5.69 Å². The van der Waals surface area contributed by atoms with Gasteiger partial charge in [-0.25, -0.2) is 9.78 Å². The standard InChI is InChI=1S/C10H7N5O3/c1-5-2-6-7(3-8(5)15(17)18)13-10(16)14-9(6)11-4-12-14/h2-4H,1H3,(H,13,16). The van der Waals surface area contributed by atoms with Gasteiger partial charge < -0.3 is 4.98 Å². The van der Waals surface area contributed by atoms with Crippen LogP contribution in [0.5, 0.6) is 0 Å². The maximum atomic E-state index is 11.7. The molecule has 0 aliphatic rings. The zero-order valence-electron chi connectivity index (χ0n) is 9.25. The highest BCUT2D eigenvalue weighted by Crippen LogP contribution is 2.24. The van der Waals surface area contributed by atoms with Gasteiger partial charge in [0.05, 0.1) is 10.4 Å². The molecular weight excluding hydrogens is 238 g/mol. The molecular formula is C10H7N5O3. The predicted molar refractivity (Wildman–Crippen MR) is 62.5 cm³/mol. The number of nitro benzene ring substituents is 1. The van der Waals surface area contributed by atoms with E-state index >= 15 is 0 Å². The van der Waals surface area contributed by atoms with Crippen molar-refractivity contribution in [3.63, 3.8) is 0 Å². The van der Waals surface area contributed by atoms with Gasteiger partial charge in [0.2, 0.25) is 0 Å². The fourth-order valence-corrected chi connectivity index (χ4v) is 1.92. The van der Waals surface area contributed by atoms with Crippen molar-refractivity contribution >= 4 is 22.2 Å². The van der Waals surface area contributed by atoms with Crippen molar-refractivity contribution < 1.29 is 4.92 Å². The number of nitro groups is 1. The minimum Gasteiger partial charge on any atom is -0.305 e. The first-order valence-corrected chi connectivity index (χ1v) is 5.08. The molecule has 1 aromatic carbocycles. The Balaban J connectivity index is 2.54. The van der Waals surface area contributed by atoms with Gasteiger partial charge in [0.25, 0.3) is 5.69 Å². The summed E-state index contributed by atoms with van der Waals surface area (Å²) in [5, 5.41) is 15.2. The first kappa shape index (κ1) is 10.4. The van der Waals surface area contributed by atoms with Crippen molar-refractivity contribution in [3.8, 4) is 0 Å². The van der Waals surface area contributed by atoms with Crippen molar-refractivity contribution in [1.29, 1.82) is 0 Å². The largest absolute Gasteiger partial charge is 0.348 e. The molecule has 0 saturated carbocycles. The predicted octanol–water partition coefficient (Wildman–Crippen LogP) is 0.787. The van der Waals surface area contributed by atoms with Crippen molar-refractivity contribution in [1.82, 2.24) is 19.6 Å². The molecule has 0 aliphatic carbocycles. The molecule has 0 spiro atoms. The Morgan fingerprint density at radius 2 is 2.22 bits per heavy atom. The number of nitrogens with zero attached hydrogens (tertiary/aromatic N) is 4. The lowest BCUT2D eigenvalue weighted by Crippen LogP contribution is -2.17. The Kier molecular flexibility index (Phi) is 1.94. The van der Waals surface area contributed by atoms with Crippen LogP contribution >= 0.6 is 0 Å². The Hall–Kier alpha value is -2.77. The molecule has 1 N–H and O–H groups in total. The smallest absolute Gasteiger partial charge is 0.305 e. The van der Waals surface area contributed by atoms with E-state index in [9.17, 15) is 14.9 Å². The maximum Gasteiger partial charge on any atom is 0.348 e. The second-order valence-corrected chi connectivity index (χ2v) is 3.87. The van der Waals surface area contributed by atoms with Gasteiger partial charge in [0, 0.05) is 17.0 Å². The number of fused-ring (bicyclic) bond motifs is 3. The van der Waals surface area contributed by atoms with E-state index in [4.69, 9.17) is 0 Å². The lowest BCUT2D eigenvalue weighted by Gasteiger charge is -2.02. The fraction of sp³-hybridized carbons (Fsp3) is 0.100. The zero-order valence-corrected chi connectivity index (χ0v) is 9.25. The molecule has 0 amide bonds. The third-order valence-electron chi connectivity index (χ3n) is 2.76. The van der Waals surface area contributed by atoms with Crippen molar-refractivity contribution in [2.24, 2.45) is 0 Å². The summed E-state index contributed by atoms with van der Waals surface area (Å²) in [5.41, 5.74) is 0.740. The molecule has 0 radical (unpaired) electrons. The Morgan fingerprint density at radius 3 is 2.94 bits per heavy atom. The number of aromatic nitrogens is 4. The molecule has 3 aromatic rings. The van der Waals surface area contributed by atoms with Crippen LogP contribution in [0.3, 0.4) is 0 Å². The van der Waals surface area contributed by atoms with Crippen LogP contribution in [0.2, 0.25) is 0 Å². The molecule has 0 bridgehead atoms. The highest BCUT2D eigenvalue weighted by Gasteiger charge is 2.15. The van der Waals surface area contributed by atoms with Crippen LogP contribution in [-0.4, -0.2) is 24.5 Å². The van der Waals surface area contributed by atoms with E-state index in [0.717, 1.165) is 4.52 Å². The molecule has 8 heteroatoms. The van der Waals surface area contributed by atoms with E-state index in [1.165, 1.54) is 12.4 Å². The fourth-order valence-electron chi connectivity index (χ4n) is 1.92. The van der Waals surface area contributed by atoms with Crippen molar-refractivity contribution in [3.05, 3.63) is 44.6 Å². The molecule has 18 heavy (non-hydrogen) atoms. The summed E-state index contributed by atoms with van der Waals surface area (Å²) < 4.78 is 1.12. The van der Waals surface area contributed by atoms with E-state index in [1.807, 2.05) is 0 Å². The van der Waals surface area contributed by atoms with Gasteiger partial charge >= 0.3 is 5.69 Å². The van der Waals surface area contributed by atoms with Crippen LogP contribution in [0.1, 0.15) is 5.56 Å². The van der Waals surface area contributed by atoms with Gasteiger partial charge in [-0.3, -0.25) is 10.1 Å². The lowest BCUT2D eigenvalue weighted by atomic mass is 10.1. The van der Waals surface area contributed by atoms with Gasteiger partial charge in [0.1, 0.15) is 6.33 Å². The number of rotatable bonds is 1. The summed E-state index contributed by atoms with van der Waals surface area (Å²) in [7, 11) is 0. The van der Waals surface area contributed by atoms with Gasteiger partial charge in [-0.15, -0.1) is 0 Å². The summed E-state index contributed by atoms with van der Waals surface area (Å²) in [6.45, 7) is 1.63. The Morgan fingerprint density at radius 1 is 1.44 bits per heavy atom. The Labute approximate surface area is 99.0 Å². The SMILES string of the molecule is Cc1cc2c(cc1[N+](=O)[O-])[nH]c(=O)n1ncnc21. The molecule has 2 aromatic heterocycles. The monoisotopic (exact) mass is 245 g/mol. The quantitative estimate of drug-likeness (QED) is 0.503. The number of aromatic amines is 1. The van der Waals surface area contributed by atoms with Gasteiger partial charge in [0.15, 0.2) is 5.65 Å². The third-order valence-corrected chi connectivity index (χ3v) is 2.76. The molecule has 0 fully saturated rings. The van der Waals surface area contributed by atoms with Crippen LogP contribution in [0.4, 0.5) is 5.69 Å². The molecule has 3 rings (SSSR count). The summed E-state index contributed by atoms with van der Waals surface area (Å²) in [6, 6.07) is 2.95. The summed E-state index contributed by atoms with van der Waals surface area (Å²) >= 11 is 0. The second kappa shape index (κ2) is 3.36. The van der Waals surface area contributed by atoms with Crippen LogP contribution in [0.15, 0.2) is 23.3 Å². The van der Waals surface area contributed by atoms with E-state index in [1.54, 1.807) is 13.0 Å². The summed E-state index contributed by atoms with van der Waals surface area (Å²) in [6.07, 6.45) is 1.26. The topological polar surface area (TPSA) is 106 Å². The molecule has 0 atom stereocenters. The molecule has 8 nitrogen and oxygen atoms in total. The minimum absolute atomic E-state index is 0.0398. The number of hydrogen-bond donors (Lipinski definition) is 1. The molecule has 0 aliphatic heterocycles. The number of nitrogens with one attached hydrogen (secondary N) is 1. The van der Waals surface area contributed by atoms with Gasteiger partial charge in [-0.2, -0.15) is 9.61 Å². The average molecular weight is 245 g/mol. The lowest BCUT2D eigenvalue weighted by molar-refractivity contribution is -0.385.